The number of amides is 2. The molecule has 1 N–H and O–H groups in total. The molecule has 36 heavy (non-hydrogen) atoms. The summed E-state index contributed by atoms with van der Waals surface area (Å²) in [4.78, 5) is 37.1. The van der Waals surface area contributed by atoms with Gasteiger partial charge in [0.25, 0.3) is 11.8 Å². The molecule has 4 rings (SSSR count). The summed E-state index contributed by atoms with van der Waals surface area (Å²) in [6, 6.07) is 17.2. The van der Waals surface area contributed by atoms with Gasteiger partial charge in [-0.2, -0.15) is 0 Å². The van der Waals surface area contributed by atoms with E-state index >= 15 is 0 Å². The van der Waals surface area contributed by atoms with Crippen molar-refractivity contribution in [3.05, 3.63) is 108 Å². The second kappa shape index (κ2) is 11.3. The standard InChI is InChI=1S/C28H28N4O4/c1-19(2)20-6-10-22(11-7-20)31-27(33)26(21-8-12-23(35-3)13-9-21)32(18-24-5-4-16-36-24)28(34)25-17-29-14-15-30-25/h4-17,19,26H,18H2,1-3H3,(H,31,33)/t26-/m1/s1. The lowest BCUT2D eigenvalue weighted by Gasteiger charge is -2.30. The number of methoxy groups -OCH3 is 1. The molecule has 0 unspecified atom stereocenters. The van der Waals surface area contributed by atoms with E-state index in [0.717, 1.165) is 5.56 Å². The maximum atomic E-state index is 13.8. The zero-order valence-corrected chi connectivity index (χ0v) is 20.4. The molecular weight excluding hydrogens is 456 g/mol. The van der Waals surface area contributed by atoms with Gasteiger partial charge in [-0.05, 0) is 53.4 Å². The first-order chi connectivity index (χ1) is 17.5. The van der Waals surface area contributed by atoms with Crippen molar-refractivity contribution in [1.82, 2.24) is 14.9 Å². The van der Waals surface area contributed by atoms with Crippen molar-refractivity contribution < 1.29 is 18.7 Å². The van der Waals surface area contributed by atoms with Gasteiger partial charge in [0.2, 0.25) is 0 Å². The number of hydrogen-bond acceptors (Lipinski definition) is 6. The number of benzene rings is 2. The van der Waals surface area contributed by atoms with E-state index in [4.69, 9.17) is 9.15 Å². The molecule has 0 bridgehead atoms. The van der Waals surface area contributed by atoms with Gasteiger partial charge in [0, 0.05) is 18.1 Å². The highest BCUT2D eigenvalue weighted by molar-refractivity contribution is 6.00. The molecule has 2 heterocycles. The Morgan fingerprint density at radius 3 is 2.31 bits per heavy atom. The molecule has 4 aromatic rings. The summed E-state index contributed by atoms with van der Waals surface area (Å²) in [5, 5.41) is 2.97. The molecule has 1 atom stereocenters. The van der Waals surface area contributed by atoms with Crippen LogP contribution in [0.15, 0.2) is 89.9 Å². The maximum absolute atomic E-state index is 13.8. The van der Waals surface area contributed by atoms with Crippen molar-refractivity contribution in [3.63, 3.8) is 0 Å². The molecule has 8 nitrogen and oxygen atoms in total. The fourth-order valence-electron chi connectivity index (χ4n) is 3.83. The third-order valence-corrected chi connectivity index (χ3v) is 5.79. The topological polar surface area (TPSA) is 97.6 Å². The summed E-state index contributed by atoms with van der Waals surface area (Å²) in [6.07, 6.45) is 5.84. The van der Waals surface area contributed by atoms with Crippen molar-refractivity contribution in [2.24, 2.45) is 0 Å². The molecule has 0 aliphatic rings. The first kappa shape index (κ1) is 24.7. The molecule has 0 aliphatic carbocycles. The van der Waals surface area contributed by atoms with Crippen molar-refractivity contribution in [2.45, 2.75) is 32.4 Å². The Hall–Kier alpha value is -4.46. The van der Waals surface area contributed by atoms with Crippen LogP contribution in [0.2, 0.25) is 0 Å². The van der Waals surface area contributed by atoms with Gasteiger partial charge in [0.05, 0.1) is 26.1 Å². The maximum Gasteiger partial charge on any atom is 0.275 e. The number of nitrogens with zero attached hydrogens (tertiary/aromatic N) is 3. The molecule has 8 heteroatoms. The number of rotatable bonds is 9. The van der Waals surface area contributed by atoms with Crippen molar-refractivity contribution in [3.8, 4) is 5.75 Å². The predicted octanol–water partition coefficient (Wildman–Crippen LogP) is 5.22. The Morgan fingerprint density at radius 1 is 1.00 bits per heavy atom. The number of anilines is 1. The highest BCUT2D eigenvalue weighted by Crippen LogP contribution is 2.29. The summed E-state index contributed by atoms with van der Waals surface area (Å²) >= 11 is 0. The van der Waals surface area contributed by atoms with E-state index in [-0.39, 0.29) is 18.1 Å². The minimum atomic E-state index is -0.986. The SMILES string of the molecule is COc1ccc([C@H](C(=O)Nc2ccc(C(C)C)cc2)N(Cc2ccco2)C(=O)c2cnccn2)cc1. The van der Waals surface area contributed by atoms with Crippen molar-refractivity contribution in [1.29, 1.82) is 0 Å². The molecule has 184 valence electrons. The third kappa shape index (κ3) is 5.78. The second-order valence-electron chi connectivity index (χ2n) is 8.54. The Bertz CT molecular complexity index is 1270. The van der Waals surface area contributed by atoms with Gasteiger partial charge in [-0.25, -0.2) is 4.98 Å². The fraction of sp³-hybridized carbons (Fsp3) is 0.214. The molecule has 0 spiro atoms. The highest BCUT2D eigenvalue weighted by atomic mass is 16.5. The number of carbonyl (C=O) groups is 2. The van der Waals surface area contributed by atoms with Crippen LogP contribution in [0.4, 0.5) is 5.69 Å². The summed E-state index contributed by atoms with van der Waals surface area (Å²) in [7, 11) is 1.57. The number of ether oxygens (including phenoxy) is 1. The van der Waals surface area contributed by atoms with Crippen LogP contribution in [0.25, 0.3) is 0 Å². The number of nitrogens with one attached hydrogen (secondary N) is 1. The average Bonchev–Trinajstić information content (AvgIpc) is 3.42. The lowest BCUT2D eigenvalue weighted by Crippen LogP contribution is -2.41. The first-order valence-electron chi connectivity index (χ1n) is 11.6. The van der Waals surface area contributed by atoms with Crippen LogP contribution < -0.4 is 10.1 Å². The Kier molecular flexibility index (Phi) is 7.75. The quantitative estimate of drug-likeness (QED) is 0.350. The molecule has 0 aliphatic heterocycles. The van der Waals surface area contributed by atoms with Crippen LogP contribution in [0, 0.1) is 0 Å². The van der Waals surface area contributed by atoms with Crippen LogP contribution in [0.5, 0.6) is 5.75 Å². The van der Waals surface area contributed by atoms with E-state index in [0.29, 0.717) is 28.7 Å². The highest BCUT2D eigenvalue weighted by Gasteiger charge is 2.33. The van der Waals surface area contributed by atoms with Crippen molar-refractivity contribution in [2.75, 3.05) is 12.4 Å². The number of aromatic nitrogens is 2. The molecule has 2 aromatic carbocycles. The van der Waals surface area contributed by atoms with Crippen molar-refractivity contribution >= 4 is 17.5 Å². The van der Waals surface area contributed by atoms with Crippen LogP contribution in [0.1, 0.15) is 53.2 Å². The average molecular weight is 485 g/mol. The lowest BCUT2D eigenvalue weighted by atomic mass is 10.0. The second-order valence-corrected chi connectivity index (χ2v) is 8.54. The molecule has 0 saturated carbocycles. The van der Waals surface area contributed by atoms with E-state index in [1.807, 2.05) is 24.3 Å². The van der Waals surface area contributed by atoms with Gasteiger partial charge in [-0.15, -0.1) is 0 Å². The van der Waals surface area contributed by atoms with E-state index < -0.39 is 11.9 Å². The fourth-order valence-corrected chi connectivity index (χ4v) is 3.83. The molecule has 0 saturated heterocycles. The Morgan fingerprint density at radius 2 is 1.72 bits per heavy atom. The zero-order chi connectivity index (χ0) is 25.5. The smallest absolute Gasteiger partial charge is 0.275 e. The molecule has 0 fully saturated rings. The van der Waals surface area contributed by atoms with Gasteiger partial charge in [0.15, 0.2) is 0 Å². The Labute approximate surface area is 210 Å². The van der Waals surface area contributed by atoms with Crippen LogP contribution in [-0.2, 0) is 11.3 Å². The number of carbonyl (C=O) groups excluding carboxylic acids is 2. The van der Waals surface area contributed by atoms with E-state index in [9.17, 15) is 9.59 Å². The lowest BCUT2D eigenvalue weighted by molar-refractivity contribution is -0.121. The number of hydrogen-bond donors (Lipinski definition) is 1. The first-order valence-corrected chi connectivity index (χ1v) is 11.6. The van der Waals surface area contributed by atoms with Gasteiger partial charge in [-0.3, -0.25) is 14.6 Å². The summed E-state index contributed by atoms with van der Waals surface area (Å²) in [6.45, 7) is 4.27. The van der Waals surface area contributed by atoms with Gasteiger partial charge in [0.1, 0.15) is 23.2 Å². The van der Waals surface area contributed by atoms with Gasteiger partial charge >= 0.3 is 0 Å². The van der Waals surface area contributed by atoms with E-state index in [1.54, 1.807) is 43.5 Å². The van der Waals surface area contributed by atoms with Crippen LogP contribution in [-0.4, -0.2) is 33.8 Å². The van der Waals surface area contributed by atoms with Crippen LogP contribution in [0.3, 0.4) is 0 Å². The summed E-state index contributed by atoms with van der Waals surface area (Å²) in [5.41, 5.74) is 2.53. The third-order valence-electron chi connectivity index (χ3n) is 5.79. The van der Waals surface area contributed by atoms with Gasteiger partial charge < -0.3 is 19.4 Å². The van der Waals surface area contributed by atoms with E-state index in [1.165, 1.54) is 29.8 Å². The molecule has 2 amide bonds. The molecule has 0 radical (unpaired) electrons. The summed E-state index contributed by atoms with van der Waals surface area (Å²) < 4.78 is 10.8. The van der Waals surface area contributed by atoms with Gasteiger partial charge in [-0.1, -0.05) is 38.1 Å². The molecular formula is C28H28N4O4. The van der Waals surface area contributed by atoms with Crippen LogP contribution >= 0.6 is 0 Å². The minimum absolute atomic E-state index is 0.0544. The monoisotopic (exact) mass is 484 g/mol. The normalized spacial score (nSPS) is 11.7. The number of furan rings is 1. The molecule has 2 aromatic heterocycles. The van der Waals surface area contributed by atoms with E-state index in [2.05, 4.69) is 29.1 Å². The summed E-state index contributed by atoms with van der Waals surface area (Å²) in [5.74, 6) is 0.710. The minimum Gasteiger partial charge on any atom is -0.497 e. The zero-order valence-electron chi connectivity index (χ0n) is 20.4. The largest absolute Gasteiger partial charge is 0.497 e. The Balaban J connectivity index is 1.74. The predicted molar refractivity (Wildman–Crippen MR) is 136 cm³/mol.